The lowest BCUT2D eigenvalue weighted by Crippen LogP contribution is -2.45. The highest BCUT2D eigenvalue weighted by Gasteiger charge is 2.23. The molecule has 4 rings (SSSR count). The topological polar surface area (TPSA) is 75.4 Å². The number of carbonyl (C=O) groups excluding carboxylic acids is 1. The normalized spacial score (nSPS) is 15.7. The maximum Gasteiger partial charge on any atom is 0.261 e. The number of aryl methyl sites for hydroxylation is 2. The Labute approximate surface area is 149 Å². The molecule has 0 radical (unpaired) electrons. The van der Waals surface area contributed by atoms with Crippen LogP contribution in [0, 0.1) is 13.8 Å². The molecule has 4 heterocycles. The second-order valence-electron chi connectivity index (χ2n) is 6.37. The van der Waals surface area contributed by atoms with Gasteiger partial charge in [-0.2, -0.15) is 14.6 Å². The Balaban J connectivity index is 1.42. The summed E-state index contributed by atoms with van der Waals surface area (Å²) in [5, 5.41) is 7.44. The van der Waals surface area contributed by atoms with Gasteiger partial charge in [0.15, 0.2) is 0 Å². The lowest BCUT2D eigenvalue weighted by atomic mass is 10.0. The van der Waals surface area contributed by atoms with Crippen molar-refractivity contribution in [1.29, 1.82) is 0 Å². The molecular weight excluding hydrogens is 336 g/mol. The van der Waals surface area contributed by atoms with Gasteiger partial charge in [0.1, 0.15) is 12.1 Å². The van der Waals surface area contributed by atoms with E-state index in [2.05, 4.69) is 25.3 Å². The number of amides is 1. The van der Waals surface area contributed by atoms with Crippen LogP contribution in [0.15, 0.2) is 24.5 Å². The molecule has 3 aromatic rings. The van der Waals surface area contributed by atoms with Gasteiger partial charge in [0.2, 0.25) is 0 Å². The minimum absolute atomic E-state index is 0.0370. The van der Waals surface area contributed by atoms with Gasteiger partial charge in [-0.15, -0.1) is 11.3 Å². The van der Waals surface area contributed by atoms with Gasteiger partial charge in [0, 0.05) is 35.8 Å². The summed E-state index contributed by atoms with van der Waals surface area (Å²) in [6, 6.07) is 6.12. The predicted molar refractivity (Wildman–Crippen MR) is 97.3 cm³/mol. The van der Waals surface area contributed by atoms with Gasteiger partial charge in [-0.05, 0) is 38.8 Å². The fraction of sp³-hybridized carbons (Fsp3) is 0.412. The van der Waals surface area contributed by atoms with E-state index in [0.29, 0.717) is 5.78 Å². The lowest BCUT2D eigenvalue weighted by Gasteiger charge is -2.33. The Morgan fingerprint density at radius 2 is 2.08 bits per heavy atom. The van der Waals surface area contributed by atoms with E-state index in [1.165, 1.54) is 17.7 Å². The largest absolute Gasteiger partial charge is 0.356 e. The van der Waals surface area contributed by atoms with Crippen LogP contribution in [0.2, 0.25) is 0 Å². The predicted octanol–water partition coefficient (Wildman–Crippen LogP) is 2.20. The Kier molecular flexibility index (Phi) is 4.12. The van der Waals surface area contributed by atoms with E-state index in [9.17, 15) is 4.79 Å². The van der Waals surface area contributed by atoms with Crippen LogP contribution in [0.1, 0.15) is 33.1 Å². The molecule has 0 unspecified atom stereocenters. The number of aromatic nitrogens is 4. The number of anilines is 1. The lowest BCUT2D eigenvalue weighted by molar-refractivity contribution is 0.0935. The summed E-state index contributed by atoms with van der Waals surface area (Å²) in [6.45, 7) is 5.72. The van der Waals surface area contributed by atoms with E-state index in [1.807, 2.05) is 32.0 Å². The first-order chi connectivity index (χ1) is 12.1. The molecule has 8 heteroatoms. The monoisotopic (exact) mass is 356 g/mol. The van der Waals surface area contributed by atoms with Crippen molar-refractivity contribution in [2.75, 3.05) is 18.0 Å². The minimum atomic E-state index is 0.0370. The standard InChI is InChI=1S/C17H20N6OS/c1-11-9-15(23-17(20-11)18-10-19-23)22-7-5-13(6-8-22)21-16(24)14-4-3-12(2)25-14/h3-4,9-10,13H,5-8H2,1-2H3,(H,21,24). The zero-order valence-corrected chi connectivity index (χ0v) is 15.1. The summed E-state index contributed by atoms with van der Waals surface area (Å²) in [4.78, 5) is 25.1. The van der Waals surface area contributed by atoms with Gasteiger partial charge < -0.3 is 10.2 Å². The van der Waals surface area contributed by atoms with E-state index in [1.54, 1.807) is 4.52 Å². The number of piperidine rings is 1. The van der Waals surface area contributed by atoms with Gasteiger partial charge in [-0.1, -0.05) is 0 Å². The molecule has 0 aliphatic carbocycles. The summed E-state index contributed by atoms with van der Waals surface area (Å²) in [7, 11) is 0. The van der Waals surface area contributed by atoms with E-state index in [0.717, 1.165) is 47.2 Å². The average molecular weight is 356 g/mol. The van der Waals surface area contributed by atoms with Gasteiger partial charge >= 0.3 is 0 Å². The number of nitrogens with zero attached hydrogens (tertiary/aromatic N) is 5. The third-order valence-electron chi connectivity index (χ3n) is 4.48. The molecule has 0 spiro atoms. The summed E-state index contributed by atoms with van der Waals surface area (Å²) in [5.41, 5.74) is 0.930. The second kappa shape index (κ2) is 6.44. The SMILES string of the molecule is Cc1cc(N2CCC(NC(=O)c3ccc(C)s3)CC2)n2ncnc2n1. The van der Waals surface area contributed by atoms with E-state index in [-0.39, 0.29) is 11.9 Å². The third-order valence-corrected chi connectivity index (χ3v) is 5.48. The molecule has 1 aliphatic rings. The smallest absolute Gasteiger partial charge is 0.261 e. The maximum absolute atomic E-state index is 12.3. The molecule has 1 saturated heterocycles. The Hall–Kier alpha value is -2.48. The summed E-state index contributed by atoms with van der Waals surface area (Å²) >= 11 is 1.54. The molecular formula is C17H20N6OS. The van der Waals surface area contributed by atoms with E-state index in [4.69, 9.17) is 0 Å². The van der Waals surface area contributed by atoms with Crippen LogP contribution < -0.4 is 10.2 Å². The summed E-state index contributed by atoms with van der Waals surface area (Å²) in [6.07, 6.45) is 3.35. The summed E-state index contributed by atoms with van der Waals surface area (Å²) < 4.78 is 1.78. The zero-order valence-electron chi connectivity index (χ0n) is 14.3. The van der Waals surface area contributed by atoms with Gasteiger partial charge in [-0.3, -0.25) is 4.79 Å². The molecule has 25 heavy (non-hydrogen) atoms. The van der Waals surface area contributed by atoms with Crippen molar-refractivity contribution >= 4 is 28.8 Å². The van der Waals surface area contributed by atoms with Crippen molar-refractivity contribution in [3.05, 3.63) is 40.0 Å². The fourth-order valence-corrected chi connectivity index (χ4v) is 3.97. The molecule has 1 aliphatic heterocycles. The first-order valence-corrected chi connectivity index (χ1v) is 9.21. The number of carbonyl (C=O) groups is 1. The third kappa shape index (κ3) is 3.21. The van der Waals surface area contributed by atoms with Crippen LogP contribution in [0.4, 0.5) is 5.82 Å². The average Bonchev–Trinajstić information content (AvgIpc) is 3.23. The highest BCUT2D eigenvalue weighted by molar-refractivity contribution is 7.13. The van der Waals surface area contributed by atoms with Gasteiger partial charge in [0.25, 0.3) is 11.7 Å². The van der Waals surface area contributed by atoms with Gasteiger partial charge in [0.05, 0.1) is 4.88 Å². The Morgan fingerprint density at radius 3 is 2.80 bits per heavy atom. The van der Waals surface area contributed by atoms with Crippen LogP contribution >= 0.6 is 11.3 Å². The first-order valence-electron chi connectivity index (χ1n) is 8.40. The van der Waals surface area contributed by atoms with Crippen molar-refractivity contribution in [3.63, 3.8) is 0 Å². The first kappa shape index (κ1) is 16.0. The van der Waals surface area contributed by atoms with Crippen LogP contribution in [0.5, 0.6) is 0 Å². The molecule has 3 aromatic heterocycles. The maximum atomic E-state index is 12.3. The molecule has 0 aromatic carbocycles. The molecule has 1 amide bonds. The number of hydrogen-bond acceptors (Lipinski definition) is 6. The number of nitrogens with one attached hydrogen (secondary N) is 1. The van der Waals surface area contributed by atoms with Crippen molar-refractivity contribution in [1.82, 2.24) is 24.9 Å². The van der Waals surface area contributed by atoms with Crippen molar-refractivity contribution in [2.24, 2.45) is 0 Å². The number of hydrogen-bond donors (Lipinski definition) is 1. The highest BCUT2D eigenvalue weighted by Crippen LogP contribution is 2.22. The number of rotatable bonds is 3. The second-order valence-corrected chi connectivity index (χ2v) is 7.66. The molecule has 130 valence electrons. The van der Waals surface area contributed by atoms with Crippen LogP contribution in [0.3, 0.4) is 0 Å². The highest BCUT2D eigenvalue weighted by atomic mass is 32.1. The van der Waals surface area contributed by atoms with Crippen molar-refractivity contribution in [3.8, 4) is 0 Å². The molecule has 0 saturated carbocycles. The molecule has 0 atom stereocenters. The van der Waals surface area contributed by atoms with E-state index >= 15 is 0 Å². The number of thiophene rings is 1. The minimum Gasteiger partial charge on any atom is -0.356 e. The summed E-state index contributed by atoms with van der Waals surface area (Å²) in [5.74, 6) is 1.67. The van der Waals surface area contributed by atoms with E-state index < -0.39 is 0 Å². The van der Waals surface area contributed by atoms with Crippen molar-refractivity contribution < 1.29 is 4.79 Å². The van der Waals surface area contributed by atoms with Crippen LogP contribution in [-0.4, -0.2) is 44.6 Å². The molecule has 1 fully saturated rings. The zero-order chi connectivity index (χ0) is 17.4. The van der Waals surface area contributed by atoms with Crippen LogP contribution in [0.25, 0.3) is 5.78 Å². The van der Waals surface area contributed by atoms with Crippen LogP contribution in [-0.2, 0) is 0 Å². The number of fused-ring (bicyclic) bond motifs is 1. The fourth-order valence-electron chi connectivity index (χ4n) is 3.20. The Bertz CT molecular complexity index is 909. The Morgan fingerprint density at radius 1 is 1.28 bits per heavy atom. The van der Waals surface area contributed by atoms with Crippen molar-refractivity contribution in [2.45, 2.75) is 32.7 Å². The molecule has 7 nitrogen and oxygen atoms in total. The van der Waals surface area contributed by atoms with Gasteiger partial charge in [-0.25, -0.2) is 4.98 Å². The molecule has 0 bridgehead atoms. The molecule has 1 N–H and O–H groups in total. The quantitative estimate of drug-likeness (QED) is 0.779.